The number of hydrogen-bond donors (Lipinski definition) is 0. The molecule has 0 radical (unpaired) electrons. The van der Waals surface area contributed by atoms with Crippen LogP contribution in [0, 0.1) is 0 Å². The van der Waals surface area contributed by atoms with E-state index in [9.17, 15) is 14.4 Å². The Labute approximate surface area is 134 Å². The largest absolute Gasteiger partial charge is 0.444 e. The molecule has 0 aliphatic rings. The summed E-state index contributed by atoms with van der Waals surface area (Å²) < 4.78 is 5.40. The predicted octanol–water partition coefficient (Wildman–Crippen LogP) is 2.49. The highest BCUT2D eigenvalue weighted by atomic mass is 16.5. The van der Waals surface area contributed by atoms with Gasteiger partial charge in [0.1, 0.15) is 6.29 Å². The van der Waals surface area contributed by atoms with Gasteiger partial charge in [-0.05, 0) is 12.1 Å². The van der Waals surface area contributed by atoms with Crippen LogP contribution >= 0.6 is 0 Å². The molecular weight excluding hydrogens is 294 g/mol. The van der Waals surface area contributed by atoms with E-state index in [1.54, 1.807) is 38.4 Å². The molecule has 2 aromatic rings. The van der Waals surface area contributed by atoms with Crippen molar-refractivity contribution < 1.29 is 19.1 Å². The first kappa shape index (κ1) is 16.4. The Balaban J connectivity index is 2.24. The zero-order valence-corrected chi connectivity index (χ0v) is 12.9. The summed E-state index contributed by atoms with van der Waals surface area (Å²) >= 11 is 0. The molecule has 5 heteroatoms. The van der Waals surface area contributed by atoms with Gasteiger partial charge in [-0.15, -0.1) is 0 Å². The molecule has 2 rings (SSSR count). The maximum absolute atomic E-state index is 12.3. The minimum Gasteiger partial charge on any atom is -0.444 e. The van der Waals surface area contributed by atoms with Crippen LogP contribution in [0.5, 0.6) is 0 Å². The second-order valence-corrected chi connectivity index (χ2v) is 5.17. The van der Waals surface area contributed by atoms with E-state index >= 15 is 0 Å². The number of esters is 1. The van der Waals surface area contributed by atoms with E-state index in [0.29, 0.717) is 17.4 Å². The van der Waals surface area contributed by atoms with Crippen LogP contribution in [0.15, 0.2) is 54.6 Å². The summed E-state index contributed by atoms with van der Waals surface area (Å²) in [7, 11) is 3.20. The number of amides is 1. The fourth-order valence-electron chi connectivity index (χ4n) is 2.00. The maximum atomic E-state index is 12.3. The molecule has 0 N–H and O–H groups in total. The number of carbonyl (C=O) groups excluding carboxylic acids is 3. The molecule has 0 saturated carbocycles. The van der Waals surface area contributed by atoms with Crippen LogP contribution in [0.2, 0.25) is 0 Å². The summed E-state index contributed by atoms with van der Waals surface area (Å²) in [5, 5.41) is 0. The average molecular weight is 311 g/mol. The van der Waals surface area contributed by atoms with Crippen molar-refractivity contribution >= 4 is 18.2 Å². The highest BCUT2D eigenvalue weighted by Crippen LogP contribution is 2.21. The Kier molecular flexibility index (Phi) is 5.25. The summed E-state index contributed by atoms with van der Waals surface area (Å²) in [5.41, 5.74) is 1.35. The Morgan fingerprint density at radius 3 is 2.13 bits per heavy atom. The minimum absolute atomic E-state index is 0.281. The third kappa shape index (κ3) is 4.03. The number of carbonyl (C=O) groups is 3. The van der Waals surface area contributed by atoms with E-state index in [1.165, 1.54) is 29.2 Å². The van der Waals surface area contributed by atoms with E-state index in [4.69, 9.17) is 4.74 Å². The second kappa shape index (κ2) is 7.35. The third-order valence-electron chi connectivity index (χ3n) is 3.27. The zero-order chi connectivity index (χ0) is 16.8. The number of ether oxygens (including phenoxy) is 1. The second-order valence-electron chi connectivity index (χ2n) is 5.17. The normalized spacial score (nSPS) is 11.4. The smallest absolute Gasteiger partial charge is 0.339 e. The van der Waals surface area contributed by atoms with Crippen molar-refractivity contribution in [2.24, 2.45) is 0 Å². The minimum atomic E-state index is -1.01. The molecule has 0 fully saturated rings. The number of likely N-dealkylation sites (N-methyl/N-ethyl adjacent to an activating group) is 1. The van der Waals surface area contributed by atoms with Crippen LogP contribution in [0.4, 0.5) is 0 Å². The molecule has 1 atom stereocenters. The summed E-state index contributed by atoms with van der Waals surface area (Å²) in [4.78, 5) is 36.6. The van der Waals surface area contributed by atoms with Gasteiger partial charge in [0, 0.05) is 25.2 Å². The van der Waals surface area contributed by atoms with Crippen LogP contribution < -0.4 is 0 Å². The Morgan fingerprint density at radius 2 is 1.61 bits per heavy atom. The first-order chi connectivity index (χ1) is 11.0. The lowest BCUT2D eigenvalue weighted by Crippen LogP contribution is -2.31. The lowest BCUT2D eigenvalue weighted by molar-refractivity contribution is -0.138. The van der Waals surface area contributed by atoms with Crippen LogP contribution in [0.25, 0.3) is 0 Å². The molecule has 0 aliphatic carbocycles. The van der Waals surface area contributed by atoms with Gasteiger partial charge >= 0.3 is 5.97 Å². The van der Waals surface area contributed by atoms with Crippen molar-refractivity contribution in [1.29, 1.82) is 0 Å². The van der Waals surface area contributed by atoms with Crippen molar-refractivity contribution in [3.8, 4) is 0 Å². The highest BCUT2D eigenvalue weighted by molar-refractivity contribution is 5.93. The van der Waals surface area contributed by atoms with Gasteiger partial charge in [0.25, 0.3) is 5.91 Å². The standard InChI is InChI=1S/C18H17NO4/c1-19(2)17(21)16(14-6-4-3-5-7-14)23-18(22)15-10-8-13(12-20)9-11-15/h3-12,16H,1-2H3/t16-/m1/s1. The highest BCUT2D eigenvalue weighted by Gasteiger charge is 2.26. The van der Waals surface area contributed by atoms with Crippen LogP contribution in [-0.2, 0) is 9.53 Å². The molecule has 1 amide bonds. The maximum Gasteiger partial charge on any atom is 0.339 e. The van der Waals surface area contributed by atoms with Crippen LogP contribution in [0.1, 0.15) is 32.4 Å². The van der Waals surface area contributed by atoms with Gasteiger partial charge in [-0.25, -0.2) is 4.79 Å². The van der Waals surface area contributed by atoms with Crippen molar-refractivity contribution in [3.63, 3.8) is 0 Å². The fourth-order valence-corrected chi connectivity index (χ4v) is 2.00. The zero-order valence-electron chi connectivity index (χ0n) is 12.9. The van der Waals surface area contributed by atoms with Gasteiger partial charge < -0.3 is 9.64 Å². The van der Waals surface area contributed by atoms with Crippen molar-refractivity contribution in [2.75, 3.05) is 14.1 Å². The number of hydrogen-bond acceptors (Lipinski definition) is 4. The number of benzene rings is 2. The SMILES string of the molecule is CN(C)C(=O)[C@H](OC(=O)c1ccc(C=O)cc1)c1ccccc1. The fraction of sp³-hybridized carbons (Fsp3) is 0.167. The molecule has 5 nitrogen and oxygen atoms in total. The topological polar surface area (TPSA) is 63.7 Å². The third-order valence-corrected chi connectivity index (χ3v) is 3.27. The lowest BCUT2D eigenvalue weighted by atomic mass is 10.1. The summed E-state index contributed by atoms with van der Waals surface area (Å²) in [5.74, 6) is -0.944. The first-order valence-electron chi connectivity index (χ1n) is 7.05. The molecule has 0 spiro atoms. The Bertz CT molecular complexity index is 693. The van der Waals surface area contributed by atoms with Gasteiger partial charge in [-0.1, -0.05) is 42.5 Å². The van der Waals surface area contributed by atoms with E-state index in [2.05, 4.69) is 0 Å². The van der Waals surface area contributed by atoms with Crippen molar-refractivity contribution in [2.45, 2.75) is 6.10 Å². The summed E-state index contributed by atoms with van der Waals surface area (Å²) in [6.45, 7) is 0. The number of rotatable bonds is 5. The monoisotopic (exact) mass is 311 g/mol. The molecule has 0 heterocycles. The molecule has 23 heavy (non-hydrogen) atoms. The molecule has 0 saturated heterocycles. The van der Waals surface area contributed by atoms with Crippen LogP contribution in [0.3, 0.4) is 0 Å². The molecule has 0 bridgehead atoms. The van der Waals surface area contributed by atoms with E-state index in [-0.39, 0.29) is 11.5 Å². The molecule has 118 valence electrons. The summed E-state index contributed by atoms with van der Waals surface area (Å²) in [6, 6.07) is 14.9. The Morgan fingerprint density at radius 1 is 1.00 bits per heavy atom. The van der Waals surface area contributed by atoms with Gasteiger partial charge in [-0.2, -0.15) is 0 Å². The predicted molar refractivity (Wildman–Crippen MR) is 85.1 cm³/mol. The Hall–Kier alpha value is -2.95. The lowest BCUT2D eigenvalue weighted by Gasteiger charge is -2.21. The number of nitrogens with zero attached hydrogens (tertiary/aromatic N) is 1. The van der Waals surface area contributed by atoms with Gasteiger partial charge in [0.2, 0.25) is 6.10 Å². The molecule has 0 aromatic heterocycles. The summed E-state index contributed by atoms with van der Waals surface area (Å²) in [6.07, 6.45) is -0.318. The molecule has 0 unspecified atom stereocenters. The van der Waals surface area contributed by atoms with Gasteiger partial charge in [0.15, 0.2) is 0 Å². The first-order valence-corrected chi connectivity index (χ1v) is 7.05. The van der Waals surface area contributed by atoms with E-state index in [1.807, 2.05) is 6.07 Å². The van der Waals surface area contributed by atoms with Gasteiger partial charge in [0.05, 0.1) is 5.56 Å². The number of aldehydes is 1. The quantitative estimate of drug-likeness (QED) is 0.628. The molecule has 2 aromatic carbocycles. The van der Waals surface area contributed by atoms with Crippen molar-refractivity contribution in [3.05, 3.63) is 71.3 Å². The van der Waals surface area contributed by atoms with Crippen molar-refractivity contribution in [1.82, 2.24) is 4.90 Å². The molecular formula is C18H17NO4. The molecule has 0 aliphatic heterocycles. The van der Waals surface area contributed by atoms with Crippen LogP contribution in [-0.4, -0.2) is 37.2 Å². The van der Waals surface area contributed by atoms with Gasteiger partial charge in [-0.3, -0.25) is 9.59 Å². The average Bonchev–Trinajstić information content (AvgIpc) is 2.59. The van der Waals surface area contributed by atoms with E-state index < -0.39 is 12.1 Å². The van der Waals surface area contributed by atoms with E-state index in [0.717, 1.165) is 0 Å².